The molecule has 0 aliphatic heterocycles. The number of fused-ring (bicyclic) bond motifs is 1. The van der Waals surface area contributed by atoms with E-state index in [2.05, 4.69) is 0 Å². The molecule has 0 radical (unpaired) electrons. The maximum atomic E-state index is 12.8. The summed E-state index contributed by atoms with van der Waals surface area (Å²) in [6.45, 7) is 4.55. The summed E-state index contributed by atoms with van der Waals surface area (Å²) < 4.78 is 56.7. The Morgan fingerprint density at radius 2 is 1.65 bits per heavy atom. The molecule has 2 aromatic carbocycles. The van der Waals surface area contributed by atoms with Crippen LogP contribution in [0.15, 0.2) is 46.7 Å². The smallest absolute Gasteiger partial charge is 0.160 e. The third-order valence-electron chi connectivity index (χ3n) is 3.32. The van der Waals surface area contributed by atoms with Crippen LogP contribution in [0.3, 0.4) is 0 Å². The van der Waals surface area contributed by atoms with Gasteiger partial charge < -0.3 is 4.74 Å². The van der Waals surface area contributed by atoms with Crippen molar-refractivity contribution >= 4 is 33.2 Å². The average Bonchev–Trinajstić information content (AvgIpc) is 3.04. The molecule has 26 heavy (non-hydrogen) atoms. The molecule has 3 aromatic rings. The molecular formula is C19H18F4OS2. The van der Waals surface area contributed by atoms with E-state index in [1.165, 1.54) is 41.3 Å². The van der Waals surface area contributed by atoms with Gasteiger partial charge >= 0.3 is 0 Å². The zero-order valence-corrected chi connectivity index (χ0v) is 15.9. The monoisotopic (exact) mass is 402 g/mol. The molecule has 0 spiro atoms. The molecule has 0 saturated heterocycles. The number of thioether (sulfide) groups is 1. The highest BCUT2D eigenvalue weighted by molar-refractivity contribution is 7.99. The van der Waals surface area contributed by atoms with Crippen molar-refractivity contribution in [3.8, 4) is 0 Å². The zero-order valence-electron chi connectivity index (χ0n) is 14.3. The van der Waals surface area contributed by atoms with E-state index in [4.69, 9.17) is 4.74 Å². The van der Waals surface area contributed by atoms with Gasteiger partial charge in [-0.05, 0) is 61.0 Å². The van der Waals surface area contributed by atoms with Gasteiger partial charge in [-0.15, -0.1) is 23.1 Å². The quantitative estimate of drug-likeness (QED) is 0.348. The molecule has 0 aliphatic carbocycles. The van der Waals surface area contributed by atoms with E-state index in [0.29, 0.717) is 6.61 Å². The molecule has 140 valence electrons. The topological polar surface area (TPSA) is 9.23 Å². The van der Waals surface area contributed by atoms with Crippen LogP contribution in [0.5, 0.6) is 0 Å². The van der Waals surface area contributed by atoms with Crippen molar-refractivity contribution in [1.82, 2.24) is 0 Å². The second-order valence-corrected chi connectivity index (χ2v) is 7.42. The molecular weight excluding hydrogens is 384 g/mol. The fourth-order valence-electron chi connectivity index (χ4n) is 2.07. The minimum atomic E-state index is -0.808. The Hall–Kier alpha value is -1.57. The molecule has 0 fully saturated rings. The first-order valence-electron chi connectivity index (χ1n) is 7.92. The summed E-state index contributed by atoms with van der Waals surface area (Å²) in [6, 6.07) is 8.11. The molecule has 1 unspecified atom stereocenters. The molecule has 0 N–H and O–H groups in total. The normalized spacial score (nSPS) is 11.9. The number of rotatable bonds is 5. The minimum absolute atomic E-state index is 0.119. The van der Waals surface area contributed by atoms with E-state index in [-0.39, 0.29) is 6.10 Å². The summed E-state index contributed by atoms with van der Waals surface area (Å²) in [6.07, 6.45) is 0.119. The predicted octanol–water partition coefficient (Wildman–Crippen LogP) is 6.66. The van der Waals surface area contributed by atoms with Crippen LogP contribution in [0, 0.1) is 23.3 Å². The second kappa shape index (κ2) is 9.94. The Bertz CT molecular complexity index is 815. The van der Waals surface area contributed by atoms with E-state index in [1.807, 2.05) is 19.2 Å². The molecule has 3 rings (SSSR count). The summed E-state index contributed by atoms with van der Waals surface area (Å²) in [5.41, 5.74) is 0. The number of thiophene rings is 1. The van der Waals surface area contributed by atoms with Gasteiger partial charge in [0, 0.05) is 22.0 Å². The maximum Gasteiger partial charge on any atom is 0.160 e. The van der Waals surface area contributed by atoms with Crippen molar-refractivity contribution in [2.75, 3.05) is 12.4 Å². The highest BCUT2D eigenvalue weighted by atomic mass is 32.2. The van der Waals surface area contributed by atoms with Crippen molar-refractivity contribution < 1.29 is 22.3 Å². The summed E-state index contributed by atoms with van der Waals surface area (Å²) in [4.78, 5) is 0.723. The van der Waals surface area contributed by atoms with E-state index < -0.39 is 23.3 Å². The lowest BCUT2D eigenvalue weighted by Gasteiger charge is -2.10. The molecule has 1 atom stereocenters. The fraction of sp³-hybridized carbons (Fsp3) is 0.263. The van der Waals surface area contributed by atoms with Crippen molar-refractivity contribution in [2.45, 2.75) is 24.8 Å². The summed E-state index contributed by atoms with van der Waals surface area (Å²) in [5, 5.41) is 2.57. The number of halogens is 4. The lowest BCUT2D eigenvalue weighted by atomic mass is 10.2. The number of hydrogen-bond acceptors (Lipinski definition) is 3. The highest BCUT2D eigenvalue weighted by Gasteiger charge is 2.06. The summed E-state index contributed by atoms with van der Waals surface area (Å²) >= 11 is 2.86. The molecule has 0 saturated carbocycles. The Kier molecular flexibility index (Phi) is 7.93. The van der Waals surface area contributed by atoms with Crippen LogP contribution in [0.1, 0.15) is 13.8 Å². The van der Waals surface area contributed by atoms with Gasteiger partial charge in [-0.1, -0.05) is 0 Å². The number of ether oxygens (including phenoxy) is 1. The second-order valence-electron chi connectivity index (χ2n) is 5.38. The lowest BCUT2D eigenvalue weighted by Crippen LogP contribution is -2.10. The molecule has 1 aromatic heterocycles. The first kappa shape index (κ1) is 20.7. The molecule has 7 heteroatoms. The summed E-state index contributed by atoms with van der Waals surface area (Å²) in [7, 11) is 0. The first-order valence-corrected chi connectivity index (χ1v) is 9.79. The SMILES string of the molecule is CCOC(C)CSc1ccc(F)c(F)c1.Fc1cc2ccsc2cc1F. The Morgan fingerprint density at radius 3 is 2.35 bits per heavy atom. The standard InChI is InChI=1S/C11H14F2OS.C8H4F2S/c1-3-14-8(2)7-15-9-4-5-10(12)11(13)6-9;9-6-3-5-1-2-11-8(5)4-7(6)10/h4-6,8H,3,7H2,1-2H3;1-4H. The van der Waals surface area contributed by atoms with Gasteiger partial charge in [-0.2, -0.15) is 0 Å². The van der Waals surface area contributed by atoms with Crippen LogP contribution in [0.4, 0.5) is 17.6 Å². The van der Waals surface area contributed by atoms with E-state index in [1.54, 1.807) is 12.1 Å². The van der Waals surface area contributed by atoms with Gasteiger partial charge in [-0.3, -0.25) is 0 Å². The predicted molar refractivity (Wildman–Crippen MR) is 99.9 cm³/mol. The third kappa shape index (κ3) is 6.00. The fourth-order valence-corrected chi connectivity index (χ4v) is 3.74. The van der Waals surface area contributed by atoms with E-state index >= 15 is 0 Å². The van der Waals surface area contributed by atoms with Crippen molar-refractivity contribution in [2.24, 2.45) is 0 Å². The van der Waals surface area contributed by atoms with Crippen molar-refractivity contribution in [3.63, 3.8) is 0 Å². The third-order valence-corrected chi connectivity index (χ3v) is 5.43. The van der Waals surface area contributed by atoms with E-state index in [9.17, 15) is 17.6 Å². The Labute approximate surface area is 158 Å². The van der Waals surface area contributed by atoms with Crippen LogP contribution in [0.25, 0.3) is 10.1 Å². The van der Waals surface area contributed by atoms with Crippen molar-refractivity contribution in [3.05, 3.63) is 65.0 Å². The molecule has 0 amide bonds. The van der Waals surface area contributed by atoms with Gasteiger partial charge in [-0.25, -0.2) is 17.6 Å². The number of benzene rings is 2. The lowest BCUT2D eigenvalue weighted by molar-refractivity contribution is 0.0932. The molecule has 0 bridgehead atoms. The van der Waals surface area contributed by atoms with Gasteiger partial charge in [0.15, 0.2) is 23.3 Å². The highest BCUT2D eigenvalue weighted by Crippen LogP contribution is 2.23. The Balaban J connectivity index is 0.000000195. The average molecular weight is 402 g/mol. The van der Waals surface area contributed by atoms with Crippen LogP contribution >= 0.6 is 23.1 Å². The Morgan fingerprint density at radius 1 is 0.962 bits per heavy atom. The van der Waals surface area contributed by atoms with Crippen LogP contribution < -0.4 is 0 Å². The van der Waals surface area contributed by atoms with Crippen LogP contribution in [0.2, 0.25) is 0 Å². The largest absolute Gasteiger partial charge is 0.378 e. The first-order chi connectivity index (χ1) is 12.4. The van der Waals surface area contributed by atoms with Gasteiger partial charge in [0.25, 0.3) is 0 Å². The van der Waals surface area contributed by atoms with Crippen LogP contribution in [-0.4, -0.2) is 18.5 Å². The number of hydrogen-bond donors (Lipinski definition) is 0. The molecule has 0 aliphatic rings. The van der Waals surface area contributed by atoms with Gasteiger partial charge in [0.05, 0.1) is 6.10 Å². The van der Waals surface area contributed by atoms with Crippen molar-refractivity contribution in [1.29, 1.82) is 0 Å². The zero-order chi connectivity index (χ0) is 19.1. The van der Waals surface area contributed by atoms with Crippen LogP contribution in [-0.2, 0) is 4.74 Å². The minimum Gasteiger partial charge on any atom is -0.378 e. The van der Waals surface area contributed by atoms with Gasteiger partial charge in [0.2, 0.25) is 0 Å². The van der Waals surface area contributed by atoms with E-state index in [0.717, 1.165) is 26.8 Å². The van der Waals surface area contributed by atoms with Gasteiger partial charge in [0.1, 0.15) is 0 Å². The summed E-state index contributed by atoms with van der Waals surface area (Å²) in [5.74, 6) is -2.43. The molecule has 1 nitrogen and oxygen atoms in total. The maximum absolute atomic E-state index is 12.8. The molecule has 1 heterocycles.